The van der Waals surface area contributed by atoms with E-state index in [2.05, 4.69) is 17.2 Å². The number of hydrogen-bond acceptors (Lipinski definition) is 2. The second-order valence-corrected chi connectivity index (χ2v) is 3.72. The molecule has 3 heteroatoms. The van der Waals surface area contributed by atoms with Gasteiger partial charge in [0.1, 0.15) is 5.82 Å². The Bertz CT molecular complexity index is 509. The summed E-state index contributed by atoms with van der Waals surface area (Å²) in [6.45, 7) is 2.07. The van der Waals surface area contributed by atoms with Gasteiger partial charge < -0.3 is 5.32 Å². The van der Waals surface area contributed by atoms with Crippen molar-refractivity contribution in [3.8, 4) is 0 Å². The van der Waals surface area contributed by atoms with Gasteiger partial charge in [-0.15, -0.1) is 0 Å². The molecule has 2 aromatic rings. The molecule has 1 amide bonds. The standard InChI is InChI=1S/C14H14N2O/c1-2-11-8-9-15-13(10-11)16-14(17)12-6-4-3-5-7-12/h3-10H,2H2,1H3,(H,15,16,17). The molecule has 0 aliphatic rings. The third-order valence-electron chi connectivity index (χ3n) is 2.51. The summed E-state index contributed by atoms with van der Waals surface area (Å²) in [6, 6.07) is 12.9. The van der Waals surface area contributed by atoms with E-state index in [-0.39, 0.29) is 5.91 Å². The van der Waals surface area contributed by atoms with Crippen LogP contribution in [0.3, 0.4) is 0 Å². The Hall–Kier alpha value is -2.16. The van der Waals surface area contributed by atoms with Gasteiger partial charge in [0.2, 0.25) is 0 Å². The molecule has 86 valence electrons. The van der Waals surface area contributed by atoms with Gasteiger partial charge in [0.05, 0.1) is 0 Å². The van der Waals surface area contributed by atoms with Crippen LogP contribution in [-0.2, 0) is 6.42 Å². The molecule has 0 aliphatic heterocycles. The SMILES string of the molecule is CCc1ccnc(NC(=O)c2ccccc2)c1. The minimum absolute atomic E-state index is 0.133. The number of pyridine rings is 1. The van der Waals surface area contributed by atoms with E-state index in [1.54, 1.807) is 18.3 Å². The summed E-state index contributed by atoms with van der Waals surface area (Å²) in [7, 11) is 0. The number of benzene rings is 1. The highest BCUT2D eigenvalue weighted by Crippen LogP contribution is 2.09. The molecule has 0 aliphatic carbocycles. The quantitative estimate of drug-likeness (QED) is 0.874. The van der Waals surface area contributed by atoms with Crippen molar-refractivity contribution in [2.24, 2.45) is 0 Å². The van der Waals surface area contributed by atoms with Crippen molar-refractivity contribution in [1.82, 2.24) is 4.98 Å². The summed E-state index contributed by atoms with van der Waals surface area (Å²) < 4.78 is 0. The normalized spacial score (nSPS) is 9.94. The Labute approximate surface area is 101 Å². The van der Waals surface area contributed by atoms with Crippen molar-refractivity contribution in [2.75, 3.05) is 5.32 Å². The van der Waals surface area contributed by atoms with Gasteiger partial charge in [0.25, 0.3) is 5.91 Å². The highest BCUT2D eigenvalue weighted by atomic mass is 16.1. The molecule has 2 rings (SSSR count). The minimum Gasteiger partial charge on any atom is -0.307 e. The zero-order chi connectivity index (χ0) is 12.1. The molecule has 0 spiro atoms. The van der Waals surface area contributed by atoms with Gasteiger partial charge in [0.15, 0.2) is 0 Å². The van der Waals surface area contributed by atoms with Gasteiger partial charge in [-0.3, -0.25) is 4.79 Å². The number of amides is 1. The number of carbonyl (C=O) groups excluding carboxylic acids is 1. The molecular weight excluding hydrogens is 212 g/mol. The Kier molecular flexibility index (Phi) is 3.50. The van der Waals surface area contributed by atoms with Crippen molar-refractivity contribution in [3.05, 3.63) is 59.8 Å². The second-order valence-electron chi connectivity index (χ2n) is 3.72. The molecular formula is C14H14N2O. The predicted octanol–water partition coefficient (Wildman–Crippen LogP) is 2.90. The Balaban J connectivity index is 2.13. The van der Waals surface area contributed by atoms with Crippen LogP contribution in [0.2, 0.25) is 0 Å². The fourth-order valence-electron chi connectivity index (χ4n) is 1.54. The van der Waals surface area contributed by atoms with E-state index in [0.717, 1.165) is 12.0 Å². The van der Waals surface area contributed by atoms with E-state index in [1.165, 1.54) is 0 Å². The Morgan fingerprint density at radius 3 is 2.71 bits per heavy atom. The van der Waals surface area contributed by atoms with E-state index >= 15 is 0 Å². The smallest absolute Gasteiger partial charge is 0.256 e. The summed E-state index contributed by atoms with van der Waals surface area (Å²) in [5.74, 6) is 0.463. The van der Waals surface area contributed by atoms with Crippen LogP contribution in [0.15, 0.2) is 48.7 Å². The number of aromatic nitrogens is 1. The van der Waals surface area contributed by atoms with E-state index < -0.39 is 0 Å². The van der Waals surface area contributed by atoms with E-state index in [4.69, 9.17) is 0 Å². The molecule has 0 unspecified atom stereocenters. The summed E-state index contributed by atoms with van der Waals surface area (Å²) in [4.78, 5) is 16.0. The molecule has 1 heterocycles. The zero-order valence-electron chi connectivity index (χ0n) is 9.68. The van der Waals surface area contributed by atoms with Crippen LogP contribution in [0, 0.1) is 0 Å². The highest BCUT2D eigenvalue weighted by molar-refractivity contribution is 6.03. The molecule has 3 nitrogen and oxygen atoms in total. The van der Waals surface area contributed by atoms with Crippen LogP contribution in [-0.4, -0.2) is 10.9 Å². The molecule has 0 saturated carbocycles. The van der Waals surface area contributed by atoms with Gasteiger partial charge in [-0.25, -0.2) is 4.98 Å². The number of nitrogens with zero attached hydrogens (tertiary/aromatic N) is 1. The van der Waals surface area contributed by atoms with Crippen molar-refractivity contribution >= 4 is 11.7 Å². The molecule has 0 saturated heterocycles. The third-order valence-corrected chi connectivity index (χ3v) is 2.51. The molecule has 0 bridgehead atoms. The van der Waals surface area contributed by atoms with E-state index in [9.17, 15) is 4.79 Å². The van der Waals surface area contributed by atoms with Crippen LogP contribution in [0.5, 0.6) is 0 Å². The molecule has 1 N–H and O–H groups in total. The van der Waals surface area contributed by atoms with Crippen LogP contribution in [0.25, 0.3) is 0 Å². The Morgan fingerprint density at radius 2 is 2.00 bits per heavy atom. The Morgan fingerprint density at radius 1 is 1.24 bits per heavy atom. The largest absolute Gasteiger partial charge is 0.307 e. The molecule has 0 atom stereocenters. The lowest BCUT2D eigenvalue weighted by molar-refractivity contribution is 0.102. The number of aryl methyl sites for hydroxylation is 1. The average molecular weight is 226 g/mol. The van der Waals surface area contributed by atoms with Gasteiger partial charge in [0, 0.05) is 11.8 Å². The maximum Gasteiger partial charge on any atom is 0.256 e. The molecule has 0 fully saturated rings. The number of carbonyl (C=O) groups is 1. The van der Waals surface area contributed by atoms with E-state index in [1.807, 2.05) is 30.3 Å². The van der Waals surface area contributed by atoms with Gasteiger partial charge in [-0.05, 0) is 36.2 Å². The monoisotopic (exact) mass is 226 g/mol. The number of anilines is 1. The lowest BCUT2D eigenvalue weighted by atomic mass is 10.2. The van der Waals surface area contributed by atoms with Crippen LogP contribution in [0.4, 0.5) is 5.82 Å². The third kappa shape index (κ3) is 2.91. The first-order valence-corrected chi connectivity index (χ1v) is 5.61. The average Bonchev–Trinajstić information content (AvgIpc) is 2.40. The maximum atomic E-state index is 11.9. The highest BCUT2D eigenvalue weighted by Gasteiger charge is 2.05. The fraction of sp³-hybridized carbons (Fsp3) is 0.143. The fourth-order valence-corrected chi connectivity index (χ4v) is 1.54. The summed E-state index contributed by atoms with van der Waals surface area (Å²) in [5, 5.41) is 2.78. The topological polar surface area (TPSA) is 42.0 Å². The number of hydrogen-bond donors (Lipinski definition) is 1. The van der Waals surface area contributed by atoms with Crippen LogP contribution < -0.4 is 5.32 Å². The lowest BCUT2D eigenvalue weighted by Crippen LogP contribution is -2.12. The predicted molar refractivity (Wildman–Crippen MR) is 68.0 cm³/mol. The summed E-state index contributed by atoms with van der Waals surface area (Å²) >= 11 is 0. The molecule has 0 radical (unpaired) electrons. The molecule has 1 aromatic heterocycles. The molecule has 1 aromatic carbocycles. The number of rotatable bonds is 3. The first-order valence-electron chi connectivity index (χ1n) is 5.61. The first-order chi connectivity index (χ1) is 8.29. The van der Waals surface area contributed by atoms with Crippen LogP contribution in [0.1, 0.15) is 22.8 Å². The van der Waals surface area contributed by atoms with Crippen molar-refractivity contribution < 1.29 is 4.79 Å². The summed E-state index contributed by atoms with van der Waals surface area (Å²) in [6.07, 6.45) is 2.64. The maximum absolute atomic E-state index is 11.9. The zero-order valence-corrected chi connectivity index (χ0v) is 9.68. The number of nitrogens with one attached hydrogen (secondary N) is 1. The minimum atomic E-state index is -0.133. The van der Waals surface area contributed by atoms with Crippen molar-refractivity contribution in [1.29, 1.82) is 0 Å². The van der Waals surface area contributed by atoms with Gasteiger partial charge >= 0.3 is 0 Å². The first kappa shape index (κ1) is 11.3. The van der Waals surface area contributed by atoms with Gasteiger partial charge in [-0.1, -0.05) is 25.1 Å². The lowest BCUT2D eigenvalue weighted by Gasteiger charge is -2.05. The van der Waals surface area contributed by atoms with Crippen molar-refractivity contribution in [3.63, 3.8) is 0 Å². The van der Waals surface area contributed by atoms with Crippen LogP contribution >= 0.6 is 0 Å². The van der Waals surface area contributed by atoms with Gasteiger partial charge in [-0.2, -0.15) is 0 Å². The van der Waals surface area contributed by atoms with Crippen molar-refractivity contribution in [2.45, 2.75) is 13.3 Å². The molecule has 17 heavy (non-hydrogen) atoms. The summed E-state index contributed by atoms with van der Waals surface area (Å²) in [5.41, 5.74) is 1.79. The second kappa shape index (κ2) is 5.25. The van der Waals surface area contributed by atoms with E-state index in [0.29, 0.717) is 11.4 Å².